The zero-order valence-electron chi connectivity index (χ0n) is 9.93. The third-order valence-corrected chi connectivity index (χ3v) is 4.08. The minimum absolute atomic E-state index is 0.0256. The first-order chi connectivity index (χ1) is 8.17. The molecule has 4 heteroatoms. The van der Waals surface area contributed by atoms with Gasteiger partial charge >= 0.3 is 0 Å². The molecule has 1 saturated heterocycles. The maximum absolute atomic E-state index is 9.47. The molecule has 0 bridgehead atoms. The molecule has 2 atom stereocenters. The van der Waals surface area contributed by atoms with Gasteiger partial charge in [0.05, 0.1) is 19.3 Å². The number of halogens is 1. The molecule has 0 radical (unpaired) electrons. The lowest BCUT2D eigenvalue weighted by atomic mass is 10.0. The highest BCUT2D eigenvalue weighted by atomic mass is 79.9. The lowest BCUT2D eigenvalue weighted by Crippen LogP contribution is -2.35. The second kappa shape index (κ2) is 5.38. The highest BCUT2D eigenvalue weighted by Crippen LogP contribution is 2.33. The predicted molar refractivity (Wildman–Crippen MR) is 72.1 cm³/mol. The van der Waals surface area contributed by atoms with Crippen LogP contribution in [0.1, 0.15) is 18.9 Å². The predicted octanol–water partition coefficient (Wildman–Crippen LogP) is 2.15. The summed E-state index contributed by atoms with van der Waals surface area (Å²) in [6.07, 6.45) is 1.09. The van der Waals surface area contributed by atoms with Crippen LogP contribution in [0.15, 0.2) is 22.7 Å². The molecule has 2 rings (SSSR count). The van der Waals surface area contributed by atoms with E-state index in [4.69, 9.17) is 0 Å². The highest BCUT2D eigenvalue weighted by Gasteiger charge is 2.31. The molecule has 1 aromatic carbocycles. The van der Waals surface area contributed by atoms with Gasteiger partial charge in [0, 0.05) is 22.3 Å². The molecule has 1 aliphatic heterocycles. The van der Waals surface area contributed by atoms with Crippen molar-refractivity contribution in [2.75, 3.05) is 18.1 Å². The third-order valence-electron chi connectivity index (χ3n) is 3.59. The Morgan fingerprint density at radius 2 is 2.18 bits per heavy atom. The van der Waals surface area contributed by atoms with Crippen LogP contribution in [0, 0.1) is 5.92 Å². The summed E-state index contributed by atoms with van der Waals surface area (Å²) in [6.45, 7) is 3.30. The Balaban J connectivity index is 2.33. The molecule has 1 aliphatic rings. The van der Waals surface area contributed by atoms with E-state index in [0.29, 0.717) is 5.92 Å². The van der Waals surface area contributed by atoms with Gasteiger partial charge < -0.3 is 15.1 Å². The molecule has 2 N–H and O–H groups in total. The third kappa shape index (κ3) is 2.49. The molecule has 1 heterocycles. The van der Waals surface area contributed by atoms with Crippen molar-refractivity contribution in [2.45, 2.75) is 26.0 Å². The molecular formula is C13H18BrNO2. The first kappa shape index (κ1) is 12.9. The molecule has 1 aromatic rings. The quantitative estimate of drug-likeness (QED) is 0.899. The fraction of sp³-hybridized carbons (Fsp3) is 0.538. The second-order valence-electron chi connectivity index (χ2n) is 4.64. The van der Waals surface area contributed by atoms with Crippen molar-refractivity contribution >= 4 is 21.6 Å². The van der Waals surface area contributed by atoms with Crippen molar-refractivity contribution in [3.05, 3.63) is 28.2 Å². The van der Waals surface area contributed by atoms with Crippen LogP contribution in [0.3, 0.4) is 0 Å². The fourth-order valence-corrected chi connectivity index (χ4v) is 2.96. The molecule has 94 valence electrons. The summed E-state index contributed by atoms with van der Waals surface area (Å²) in [5.74, 6) is 0.496. The van der Waals surface area contributed by atoms with E-state index in [1.165, 1.54) is 0 Å². The van der Waals surface area contributed by atoms with Crippen LogP contribution in [0.25, 0.3) is 0 Å². The number of hydrogen-bond acceptors (Lipinski definition) is 3. The van der Waals surface area contributed by atoms with Gasteiger partial charge in [-0.2, -0.15) is 0 Å². The number of nitrogens with zero attached hydrogens (tertiary/aromatic N) is 1. The van der Waals surface area contributed by atoms with Gasteiger partial charge in [0.1, 0.15) is 0 Å². The largest absolute Gasteiger partial charge is 0.394 e. The van der Waals surface area contributed by atoms with Gasteiger partial charge in [0.2, 0.25) is 0 Å². The van der Waals surface area contributed by atoms with Crippen molar-refractivity contribution in [1.29, 1.82) is 0 Å². The van der Waals surface area contributed by atoms with E-state index < -0.39 is 0 Å². The number of aliphatic hydroxyl groups is 2. The number of benzene rings is 1. The van der Waals surface area contributed by atoms with Gasteiger partial charge in [-0.1, -0.05) is 22.9 Å². The molecule has 3 nitrogen and oxygen atoms in total. The van der Waals surface area contributed by atoms with Crippen molar-refractivity contribution in [2.24, 2.45) is 5.92 Å². The average Bonchev–Trinajstić information content (AvgIpc) is 2.70. The van der Waals surface area contributed by atoms with E-state index in [1.54, 1.807) is 0 Å². The maximum atomic E-state index is 9.47. The molecule has 2 unspecified atom stereocenters. The molecule has 0 aliphatic carbocycles. The van der Waals surface area contributed by atoms with E-state index in [2.05, 4.69) is 27.8 Å². The molecule has 1 fully saturated rings. The van der Waals surface area contributed by atoms with E-state index in [0.717, 1.165) is 28.7 Å². The van der Waals surface area contributed by atoms with E-state index in [9.17, 15) is 10.2 Å². The van der Waals surface area contributed by atoms with Crippen molar-refractivity contribution in [3.8, 4) is 0 Å². The zero-order chi connectivity index (χ0) is 12.4. The Labute approximate surface area is 110 Å². The lowest BCUT2D eigenvalue weighted by Gasteiger charge is -2.29. The van der Waals surface area contributed by atoms with Gasteiger partial charge in [-0.25, -0.2) is 0 Å². The van der Waals surface area contributed by atoms with Crippen LogP contribution in [0.5, 0.6) is 0 Å². The Morgan fingerprint density at radius 1 is 1.41 bits per heavy atom. The molecular weight excluding hydrogens is 282 g/mol. The Bertz CT molecular complexity index is 397. The van der Waals surface area contributed by atoms with Crippen LogP contribution in [0.4, 0.5) is 5.69 Å². The first-order valence-corrected chi connectivity index (χ1v) is 6.73. The fourth-order valence-electron chi connectivity index (χ4n) is 2.55. The number of hydrogen-bond donors (Lipinski definition) is 2. The van der Waals surface area contributed by atoms with Gasteiger partial charge in [-0.05, 0) is 30.5 Å². The van der Waals surface area contributed by atoms with Gasteiger partial charge in [-0.15, -0.1) is 0 Å². The van der Waals surface area contributed by atoms with Crippen LogP contribution >= 0.6 is 15.9 Å². The Hall–Kier alpha value is -0.580. The van der Waals surface area contributed by atoms with E-state index in [1.807, 2.05) is 18.2 Å². The maximum Gasteiger partial charge on any atom is 0.0702 e. The SMILES string of the molecule is CC1CCN(c2ccc(Br)cc2CO)C1CO. The summed E-state index contributed by atoms with van der Waals surface area (Å²) >= 11 is 3.41. The number of rotatable bonds is 3. The summed E-state index contributed by atoms with van der Waals surface area (Å²) in [4.78, 5) is 2.21. The lowest BCUT2D eigenvalue weighted by molar-refractivity contribution is 0.243. The molecule has 0 amide bonds. The van der Waals surface area contributed by atoms with Crippen molar-refractivity contribution in [3.63, 3.8) is 0 Å². The summed E-state index contributed by atoms with van der Waals surface area (Å²) in [6, 6.07) is 6.09. The van der Waals surface area contributed by atoms with E-state index >= 15 is 0 Å². The van der Waals surface area contributed by atoms with Crippen molar-refractivity contribution in [1.82, 2.24) is 0 Å². The van der Waals surface area contributed by atoms with Crippen LogP contribution < -0.4 is 4.90 Å². The molecule has 17 heavy (non-hydrogen) atoms. The standard InChI is InChI=1S/C13H18BrNO2/c1-9-4-5-15(13(9)8-17)12-3-2-11(14)6-10(12)7-16/h2-3,6,9,13,16-17H,4-5,7-8H2,1H3. The summed E-state index contributed by atoms with van der Waals surface area (Å²) < 4.78 is 0.970. The second-order valence-corrected chi connectivity index (χ2v) is 5.56. The smallest absolute Gasteiger partial charge is 0.0702 e. The van der Waals surface area contributed by atoms with Crippen molar-refractivity contribution < 1.29 is 10.2 Å². The highest BCUT2D eigenvalue weighted by molar-refractivity contribution is 9.10. The summed E-state index contributed by atoms with van der Waals surface area (Å²) in [5.41, 5.74) is 1.95. The van der Waals surface area contributed by atoms with E-state index in [-0.39, 0.29) is 19.3 Å². The summed E-state index contributed by atoms with van der Waals surface area (Å²) in [5, 5.41) is 18.9. The molecule has 0 saturated carbocycles. The van der Waals surface area contributed by atoms with Gasteiger partial charge in [0.25, 0.3) is 0 Å². The van der Waals surface area contributed by atoms with Crippen LogP contribution in [0.2, 0.25) is 0 Å². The zero-order valence-corrected chi connectivity index (χ0v) is 11.5. The monoisotopic (exact) mass is 299 g/mol. The van der Waals surface area contributed by atoms with Crippen LogP contribution in [-0.4, -0.2) is 29.4 Å². The molecule has 0 spiro atoms. The van der Waals surface area contributed by atoms with Crippen LogP contribution in [-0.2, 0) is 6.61 Å². The molecule has 0 aromatic heterocycles. The minimum Gasteiger partial charge on any atom is -0.394 e. The van der Waals surface area contributed by atoms with Gasteiger partial charge in [0.15, 0.2) is 0 Å². The normalized spacial score (nSPS) is 24.4. The Morgan fingerprint density at radius 3 is 2.82 bits per heavy atom. The minimum atomic E-state index is 0.0256. The number of anilines is 1. The van der Waals surface area contributed by atoms with Gasteiger partial charge in [-0.3, -0.25) is 0 Å². The average molecular weight is 300 g/mol. The Kier molecular flexibility index (Phi) is 4.07. The topological polar surface area (TPSA) is 43.7 Å². The summed E-state index contributed by atoms with van der Waals surface area (Å²) in [7, 11) is 0. The number of aliphatic hydroxyl groups excluding tert-OH is 2. The first-order valence-electron chi connectivity index (χ1n) is 5.94.